The van der Waals surface area contributed by atoms with Crippen molar-refractivity contribution in [2.75, 3.05) is 54.7 Å². The Morgan fingerprint density at radius 3 is 1.22 bits per heavy atom. The number of nitrogens with zero attached hydrogens (tertiary/aromatic N) is 6. The summed E-state index contributed by atoms with van der Waals surface area (Å²) in [5.41, 5.74) is 11.2. The number of carbonyl (C=O) groups excluding carboxylic acids is 7. The summed E-state index contributed by atoms with van der Waals surface area (Å²) >= 11 is 12.0. The SMILES string of the molecule is COC(=O)[C@H](CCNC(=O)C(N)=O)NC(=O)c1ccc(Nc2nc(NC3(c4ccc(Cl)cc4)CC3)nc(OCC(F)(F)F)n2)cc1.NC(=O)C(=O)NCC[C@H](NC(=O)c1ccc(Nc2nc(NC3(c4ccc(Cl)cc4)CC3)nc(OCC(F)(F)F)n2)cc1)C(=O)O. The van der Waals surface area contributed by atoms with Gasteiger partial charge in [-0.3, -0.25) is 28.8 Å². The van der Waals surface area contributed by atoms with Crippen LogP contribution in [0.2, 0.25) is 10.0 Å². The first-order chi connectivity index (χ1) is 43.0. The third-order valence-corrected chi connectivity index (χ3v) is 13.5. The van der Waals surface area contributed by atoms with Gasteiger partial charge in [-0.2, -0.15) is 56.2 Å². The van der Waals surface area contributed by atoms with Gasteiger partial charge in [0.1, 0.15) is 12.1 Å². The number of alkyl halides is 6. The third kappa shape index (κ3) is 20.9. The Balaban J connectivity index is 0.000000259. The summed E-state index contributed by atoms with van der Waals surface area (Å²) in [6, 6.07) is 21.8. The zero-order valence-corrected chi connectivity index (χ0v) is 48.8. The van der Waals surface area contributed by atoms with Crippen molar-refractivity contribution in [3.63, 3.8) is 0 Å². The topological polar surface area (TPSA) is 410 Å². The van der Waals surface area contributed by atoms with Crippen molar-refractivity contribution < 1.29 is 84.0 Å². The summed E-state index contributed by atoms with van der Waals surface area (Å²) in [5.74, 6) is -8.51. The molecule has 2 heterocycles. The smallest absolute Gasteiger partial charge is 0.422 e. The van der Waals surface area contributed by atoms with Gasteiger partial charge in [0, 0.05) is 45.6 Å². The predicted molar refractivity (Wildman–Crippen MR) is 310 cm³/mol. The number of primary amides is 2. The second kappa shape index (κ2) is 29.7. The zero-order chi connectivity index (χ0) is 66.3. The van der Waals surface area contributed by atoms with Gasteiger partial charge in [-0.15, -0.1) is 0 Å². The molecule has 2 aliphatic rings. The van der Waals surface area contributed by atoms with Crippen LogP contribution < -0.4 is 63.5 Å². The lowest BCUT2D eigenvalue weighted by Gasteiger charge is -2.19. The fourth-order valence-electron chi connectivity index (χ4n) is 8.18. The highest BCUT2D eigenvalue weighted by Crippen LogP contribution is 2.49. The van der Waals surface area contributed by atoms with E-state index in [2.05, 4.69) is 77.2 Å². The summed E-state index contributed by atoms with van der Waals surface area (Å²) in [6.45, 7) is -3.63. The molecule has 8 rings (SSSR count). The number of aliphatic carboxylic acids is 1. The number of carbonyl (C=O) groups is 8. The van der Waals surface area contributed by atoms with Crippen molar-refractivity contribution in [2.45, 2.75) is 74.0 Å². The van der Waals surface area contributed by atoms with Crippen LogP contribution in [0.5, 0.6) is 12.0 Å². The largest absolute Gasteiger partial charge is 0.480 e. The normalized spacial score (nSPS) is 14.0. The van der Waals surface area contributed by atoms with E-state index in [1.165, 1.54) is 48.5 Å². The van der Waals surface area contributed by atoms with E-state index in [4.69, 9.17) is 44.1 Å². The molecule has 36 heteroatoms. The minimum absolute atomic E-state index is 0.0287. The van der Waals surface area contributed by atoms with Gasteiger partial charge in [0.15, 0.2) is 13.2 Å². The molecule has 482 valence electrons. The summed E-state index contributed by atoms with van der Waals surface area (Å²) in [5, 5.41) is 31.6. The molecular weight excluding hydrogens is 1260 g/mol. The van der Waals surface area contributed by atoms with Gasteiger partial charge >= 0.3 is 59.9 Å². The number of esters is 1. The first-order valence-electron chi connectivity index (χ1n) is 26.8. The maximum Gasteiger partial charge on any atom is 0.422 e. The van der Waals surface area contributed by atoms with E-state index < -0.39 is 108 Å². The molecule has 91 heavy (non-hydrogen) atoms. The van der Waals surface area contributed by atoms with Crippen molar-refractivity contribution in [1.82, 2.24) is 51.2 Å². The number of ether oxygens (including phenoxy) is 3. The van der Waals surface area contributed by atoms with Gasteiger partial charge in [0.05, 0.1) is 18.2 Å². The number of carboxylic acids is 1. The van der Waals surface area contributed by atoms with Gasteiger partial charge in [-0.05, 0) is 122 Å². The second-order valence-corrected chi connectivity index (χ2v) is 20.8. The maximum atomic E-state index is 12.9. The van der Waals surface area contributed by atoms with Crippen molar-refractivity contribution in [3.05, 3.63) is 129 Å². The number of anilines is 6. The molecule has 28 nitrogen and oxygen atoms in total. The van der Waals surface area contributed by atoms with E-state index in [9.17, 15) is 69.8 Å². The highest BCUT2D eigenvalue weighted by Gasteiger charge is 2.46. The van der Waals surface area contributed by atoms with Gasteiger partial charge < -0.3 is 73.3 Å². The molecule has 0 bridgehead atoms. The first kappa shape index (κ1) is 68.1. The minimum atomic E-state index is -4.64. The van der Waals surface area contributed by atoms with E-state index in [1.807, 2.05) is 24.3 Å². The maximum absolute atomic E-state index is 12.9. The van der Waals surface area contributed by atoms with Crippen LogP contribution in [0, 0.1) is 0 Å². The standard InChI is InChI=1S/C28H28ClF3N8O6.C27H26ClF3N8O6/c1-45-23(44)19(10-13-34-22(43)20(33)41)36-21(42)15-2-8-18(9-3-15)35-24-37-25(39-26(38-24)46-14-28(30,31)32)40-27(11-12-27)16-4-6-17(29)7-5-16;28-16-5-3-15(4-6-16)26(10-11-26)39-24-36-23(37-25(38-24)45-13-27(29,30)31)34-17-7-1-14(2-8-17)20(41)35-18(22(43)44)9-12-33-21(42)19(32)40/h2-9,19H,10-14H2,1H3,(H2,33,41)(H,34,43)(H,36,42)(H2,35,37,38,39,40);1-8,18H,9-13H2,(H2,32,40)(H,33,42)(H,35,41)(H,43,44)(H2,34,36,37,38,39)/t19-;18-/m00/s1. The zero-order valence-electron chi connectivity index (χ0n) is 47.3. The number of amides is 6. The van der Waals surface area contributed by atoms with E-state index >= 15 is 0 Å². The molecule has 0 spiro atoms. The van der Waals surface area contributed by atoms with Gasteiger partial charge in [-0.1, -0.05) is 47.5 Å². The highest BCUT2D eigenvalue weighted by atomic mass is 35.5. The minimum Gasteiger partial charge on any atom is -0.480 e. The Kier molecular flexibility index (Phi) is 22.3. The molecule has 4 aromatic carbocycles. The van der Waals surface area contributed by atoms with Gasteiger partial charge in [0.25, 0.3) is 11.8 Å². The van der Waals surface area contributed by atoms with E-state index in [0.717, 1.165) is 18.2 Å². The quantitative estimate of drug-likeness (QED) is 0.0192. The van der Waals surface area contributed by atoms with Crippen LogP contribution in [0.4, 0.5) is 61.5 Å². The average molecular weight is 1320 g/mol. The number of nitrogens with one attached hydrogen (secondary N) is 8. The molecule has 0 saturated heterocycles. The van der Waals surface area contributed by atoms with Crippen molar-refractivity contribution in [1.29, 1.82) is 0 Å². The third-order valence-electron chi connectivity index (χ3n) is 13.0. The second-order valence-electron chi connectivity index (χ2n) is 19.9. The summed E-state index contributed by atoms with van der Waals surface area (Å²) in [6.07, 6.45) is -6.75. The lowest BCUT2D eigenvalue weighted by atomic mass is 10.1. The Morgan fingerprint density at radius 1 is 0.538 bits per heavy atom. The van der Waals surface area contributed by atoms with Gasteiger partial charge in [-0.25, -0.2) is 9.59 Å². The molecule has 0 radical (unpaired) electrons. The van der Waals surface area contributed by atoms with Crippen LogP contribution in [0.3, 0.4) is 0 Å². The predicted octanol–water partition coefficient (Wildman–Crippen LogP) is 5.06. The number of halogens is 8. The number of benzene rings is 4. The van der Waals surface area contributed by atoms with Crippen molar-refractivity contribution in [3.8, 4) is 12.0 Å². The van der Waals surface area contributed by atoms with Crippen LogP contribution in [0.1, 0.15) is 70.4 Å². The molecule has 0 aliphatic heterocycles. The van der Waals surface area contributed by atoms with Crippen molar-refractivity contribution >= 4 is 106 Å². The Morgan fingerprint density at radius 2 is 0.890 bits per heavy atom. The molecule has 2 saturated carbocycles. The Bertz CT molecular complexity index is 3630. The Hall–Kier alpha value is -10.4. The van der Waals surface area contributed by atoms with Crippen LogP contribution in [-0.2, 0) is 44.6 Å². The number of carboxylic acid groups (broad SMARTS) is 1. The number of rotatable bonds is 26. The molecule has 2 atom stereocenters. The fourth-order valence-corrected chi connectivity index (χ4v) is 8.43. The van der Waals surface area contributed by atoms with Gasteiger partial charge in [0.2, 0.25) is 23.8 Å². The number of hydrogen-bond acceptors (Lipinski definition) is 21. The number of methoxy groups -OCH3 is 1. The lowest BCUT2D eigenvalue weighted by Crippen LogP contribution is -2.45. The lowest BCUT2D eigenvalue weighted by molar-refractivity contribution is -0.155. The van der Waals surface area contributed by atoms with E-state index in [1.54, 1.807) is 24.3 Å². The molecule has 0 unspecified atom stereocenters. The Labute approximate surface area is 520 Å². The molecule has 2 aromatic heterocycles. The molecule has 6 aromatic rings. The summed E-state index contributed by atoms with van der Waals surface area (Å²) < 4.78 is 91.4. The number of nitrogens with two attached hydrogens (primary N) is 2. The van der Waals surface area contributed by atoms with E-state index in [0.29, 0.717) is 47.1 Å². The van der Waals surface area contributed by atoms with E-state index in [-0.39, 0.29) is 60.9 Å². The molecular formula is C55H54Cl2F6N16O12. The first-order valence-corrected chi connectivity index (χ1v) is 27.6. The fraction of sp³-hybridized carbons (Fsp3) is 0.309. The highest BCUT2D eigenvalue weighted by molar-refractivity contribution is 6.35. The monoisotopic (exact) mass is 1310 g/mol. The van der Waals surface area contributed by atoms with Crippen LogP contribution in [0.25, 0.3) is 0 Å². The summed E-state index contributed by atoms with van der Waals surface area (Å²) in [7, 11) is 1.12. The number of aromatic nitrogens is 6. The van der Waals surface area contributed by atoms with Crippen LogP contribution >= 0.6 is 23.2 Å². The molecule has 2 aliphatic carbocycles. The molecule has 6 amide bonds. The number of hydrogen-bond donors (Lipinski definition) is 11. The average Bonchev–Trinajstić information content (AvgIpc) is 1.64. The van der Waals surface area contributed by atoms with Crippen molar-refractivity contribution in [2.24, 2.45) is 11.5 Å². The summed E-state index contributed by atoms with van der Waals surface area (Å²) in [4.78, 5) is 118. The molecule has 13 N–H and O–H groups in total. The molecule has 2 fully saturated rings. The van der Waals surface area contributed by atoms with Crippen LogP contribution in [-0.4, -0.2) is 140 Å². The van der Waals surface area contributed by atoms with Crippen LogP contribution in [0.15, 0.2) is 97.1 Å².